The van der Waals surface area contributed by atoms with E-state index in [1.54, 1.807) is 0 Å². The van der Waals surface area contributed by atoms with Crippen LogP contribution < -0.4 is 0 Å². The number of phosphoric ester groups is 1. The first-order valence-electron chi connectivity index (χ1n) is 13.1. The van der Waals surface area contributed by atoms with E-state index in [9.17, 15) is 19.4 Å². The molecule has 0 bridgehead atoms. The van der Waals surface area contributed by atoms with Crippen molar-refractivity contribution in [1.82, 2.24) is 0 Å². The van der Waals surface area contributed by atoms with E-state index in [0.29, 0.717) is 11.0 Å². The number of nitrogens with zero attached hydrogens (tertiary/aromatic N) is 1. The quantitative estimate of drug-likeness (QED) is 0.0599. The van der Waals surface area contributed by atoms with Crippen molar-refractivity contribution < 1.29 is 37.6 Å². The second-order valence-electron chi connectivity index (χ2n) is 9.89. The lowest BCUT2D eigenvalue weighted by molar-refractivity contribution is -0.870. The molecule has 0 amide bonds. The Kier molecular flexibility index (Phi) is 20.5. The van der Waals surface area contributed by atoms with Gasteiger partial charge < -0.3 is 19.2 Å². The van der Waals surface area contributed by atoms with Crippen molar-refractivity contribution in [3.05, 3.63) is 24.3 Å². The molecule has 35 heavy (non-hydrogen) atoms. The molecule has 2 N–H and O–H groups in total. The van der Waals surface area contributed by atoms with Gasteiger partial charge in [0, 0.05) is 6.42 Å². The number of aliphatic hydroxyl groups excluding tert-OH is 1. The molecule has 8 nitrogen and oxygen atoms in total. The molecule has 0 saturated carbocycles. The molecule has 0 saturated heterocycles. The molecule has 0 rings (SSSR count). The van der Waals surface area contributed by atoms with Crippen LogP contribution in [0.4, 0.5) is 0 Å². The third kappa shape index (κ3) is 24.5. The Morgan fingerprint density at radius 2 is 1.54 bits per heavy atom. The molecule has 9 heteroatoms. The van der Waals surface area contributed by atoms with E-state index < -0.39 is 26.5 Å². The number of carbonyl (C=O) groups is 1. The molecule has 0 aromatic heterocycles. The Morgan fingerprint density at radius 3 is 2.14 bits per heavy atom. The van der Waals surface area contributed by atoms with Crippen molar-refractivity contribution in [2.45, 2.75) is 90.1 Å². The molecule has 0 aliphatic heterocycles. The zero-order valence-electron chi connectivity index (χ0n) is 22.5. The van der Waals surface area contributed by atoms with Crippen LogP contribution in [0.1, 0.15) is 84.0 Å². The fourth-order valence-electron chi connectivity index (χ4n) is 3.10. The third-order valence-electron chi connectivity index (χ3n) is 5.26. The van der Waals surface area contributed by atoms with Crippen molar-refractivity contribution in [2.24, 2.45) is 0 Å². The van der Waals surface area contributed by atoms with Crippen LogP contribution in [-0.4, -0.2) is 74.1 Å². The second kappa shape index (κ2) is 21.1. The number of esters is 1. The standard InChI is InChI=1S/C26H50NO7P/c1-5-6-7-8-9-10-11-12-13-14-15-16-17-18-19-20-26(29)32-24-25(23-28)34-35(30,31)33-22-21-27(2,3)4/h9-10,12-13,25,28H,5-8,11,14-24H2,1-4H3/p+1/b10-9-,13-12-/t25-/m0/s1. The van der Waals surface area contributed by atoms with Gasteiger partial charge in [-0.2, -0.15) is 0 Å². The van der Waals surface area contributed by atoms with Gasteiger partial charge in [-0.05, 0) is 38.5 Å². The van der Waals surface area contributed by atoms with Crippen molar-refractivity contribution >= 4 is 13.8 Å². The fraction of sp³-hybridized carbons (Fsp3) is 0.808. The summed E-state index contributed by atoms with van der Waals surface area (Å²) in [5, 5.41) is 9.36. The molecule has 0 aliphatic carbocycles. The molecule has 0 aromatic carbocycles. The summed E-state index contributed by atoms with van der Waals surface area (Å²) in [5.41, 5.74) is 0. The van der Waals surface area contributed by atoms with Crippen LogP contribution in [0.25, 0.3) is 0 Å². The number of phosphoric acid groups is 1. The van der Waals surface area contributed by atoms with Crippen molar-refractivity contribution in [3.8, 4) is 0 Å². The highest BCUT2D eigenvalue weighted by molar-refractivity contribution is 7.47. The maximum Gasteiger partial charge on any atom is 0.472 e. The van der Waals surface area contributed by atoms with Crippen LogP contribution in [-0.2, 0) is 23.1 Å². The highest BCUT2D eigenvalue weighted by Gasteiger charge is 2.28. The van der Waals surface area contributed by atoms with Crippen molar-refractivity contribution in [3.63, 3.8) is 0 Å². The number of carbonyl (C=O) groups excluding carboxylic acids is 1. The van der Waals surface area contributed by atoms with E-state index in [4.69, 9.17) is 13.8 Å². The third-order valence-corrected chi connectivity index (χ3v) is 6.34. The van der Waals surface area contributed by atoms with Gasteiger partial charge in [-0.3, -0.25) is 13.8 Å². The lowest BCUT2D eigenvalue weighted by atomic mass is 10.1. The van der Waals surface area contributed by atoms with Gasteiger partial charge in [0.2, 0.25) is 0 Å². The van der Waals surface area contributed by atoms with Gasteiger partial charge in [0.15, 0.2) is 0 Å². The van der Waals surface area contributed by atoms with Crippen molar-refractivity contribution in [1.29, 1.82) is 0 Å². The molecule has 0 fully saturated rings. The average Bonchev–Trinajstić information content (AvgIpc) is 2.78. The summed E-state index contributed by atoms with van der Waals surface area (Å²) in [7, 11) is 1.45. The molecule has 0 aromatic rings. The van der Waals surface area contributed by atoms with Gasteiger partial charge in [-0.25, -0.2) is 4.57 Å². The predicted molar refractivity (Wildman–Crippen MR) is 141 cm³/mol. The molecule has 2 atom stereocenters. The zero-order valence-corrected chi connectivity index (χ0v) is 23.4. The van der Waals surface area contributed by atoms with Crippen LogP contribution in [0.15, 0.2) is 24.3 Å². The predicted octanol–water partition coefficient (Wildman–Crippen LogP) is 5.54. The van der Waals surface area contributed by atoms with Gasteiger partial charge in [0.1, 0.15) is 25.9 Å². The highest BCUT2D eigenvalue weighted by Crippen LogP contribution is 2.44. The lowest BCUT2D eigenvalue weighted by Gasteiger charge is -2.24. The van der Waals surface area contributed by atoms with Crippen LogP contribution in [0.3, 0.4) is 0 Å². The first-order valence-corrected chi connectivity index (χ1v) is 14.6. The zero-order chi connectivity index (χ0) is 26.4. The topological polar surface area (TPSA) is 102 Å². The van der Waals surface area contributed by atoms with E-state index in [2.05, 4.69) is 31.2 Å². The van der Waals surface area contributed by atoms with E-state index in [1.807, 2.05) is 21.1 Å². The minimum Gasteiger partial charge on any atom is -0.463 e. The Hall–Kier alpha value is -1.02. The number of ether oxygens (including phenoxy) is 1. The maximum atomic E-state index is 12.0. The van der Waals surface area contributed by atoms with E-state index in [-0.39, 0.29) is 19.6 Å². The van der Waals surface area contributed by atoms with Gasteiger partial charge in [0.05, 0.1) is 27.7 Å². The van der Waals surface area contributed by atoms with E-state index in [1.165, 1.54) is 25.7 Å². The summed E-state index contributed by atoms with van der Waals surface area (Å²) in [4.78, 5) is 21.7. The number of allylic oxidation sites excluding steroid dienone is 4. The summed E-state index contributed by atoms with van der Waals surface area (Å²) >= 11 is 0. The fourth-order valence-corrected chi connectivity index (χ4v) is 3.98. The summed E-state index contributed by atoms with van der Waals surface area (Å²) in [6, 6.07) is 0. The van der Waals surface area contributed by atoms with Crippen molar-refractivity contribution in [2.75, 3.05) is 47.5 Å². The first-order chi connectivity index (χ1) is 16.6. The summed E-state index contributed by atoms with van der Waals surface area (Å²) in [6.07, 6.45) is 20.3. The Bertz CT molecular complexity index is 632. The van der Waals surface area contributed by atoms with Gasteiger partial charge in [0.25, 0.3) is 0 Å². The SMILES string of the molecule is CCCCC/C=C\C/C=C\CCCCCCCC(=O)OC[C@H](CO)OP(=O)(O)OCC[N+](C)(C)C. The maximum absolute atomic E-state index is 12.0. The number of hydrogen-bond donors (Lipinski definition) is 2. The molecular weight excluding hydrogens is 469 g/mol. The molecule has 0 heterocycles. The summed E-state index contributed by atoms with van der Waals surface area (Å²) < 4.78 is 27.5. The normalized spacial score (nSPS) is 15.0. The van der Waals surface area contributed by atoms with Gasteiger partial charge >= 0.3 is 13.8 Å². The number of unbranched alkanes of at least 4 members (excludes halogenated alkanes) is 8. The Balaban J connectivity index is 3.78. The number of rotatable bonds is 23. The number of likely N-dealkylation sites (N-methyl/N-ethyl adjacent to an activating group) is 1. The number of hydrogen-bond acceptors (Lipinski definition) is 6. The van der Waals surface area contributed by atoms with Gasteiger partial charge in [-0.1, -0.05) is 63.3 Å². The molecule has 0 radical (unpaired) electrons. The summed E-state index contributed by atoms with van der Waals surface area (Å²) in [5.74, 6) is -0.406. The molecule has 0 aliphatic rings. The number of quaternary nitrogens is 1. The largest absolute Gasteiger partial charge is 0.472 e. The lowest BCUT2D eigenvalue weighted by Crippen LogP contribution is -2.37. The van der Waals surface area contributed by atoms with E-state index >= 15 is 0 Å². The minimum absolute atomic E-state index is 0.0298. The van der Waals surface area contributed by atoms with Crippen LogP contribution in [0, 0.1) is 0 Å². The minimum atomic E-state index is -4.33. The highest BCUT2D eigenvalue weighted by atomic mass is 31.2. The number of aliphatic hydroxyl groups is 1. The smallest absolute Gasteiger partial charge is 0.463 e. The summed E-state index contributed by atoms with van der Waals surface area (Å²) in [6.45, 7) is 1.92. The second-order valence-corrected chi connectivity index (χ2v) is 11.3. The van der Waals surface area contributed by atoms with E-state index in [0.717, 1.165) is 44.9 Å². The average molecular weight is 521 g/mol. The molecule has 0 spiro atoms. The Labute approximate surface area is 213 Å². The van der Waals surface area contributed by atoms with Crippen LogP contribution in [0.2, 0.25) is 0 Å². The monoisotopic (exact) mass is 520 g/mol. The molecule has 1 unspecified atom stereocenters. The van der Waals surface area contributed by atoms with Crippen LogP contribution >= 0.6 is 7.82 Å². The molecular formula is C26H51NO7P+. The first kappa shape index (κ1) is 34.0. The Morgan fingerprint density at radius 1 is 0.943 bits per heavy atom. The van der Waals surface area contributed by atoms with Gasteiger partial charge in [-0.15, -0.1) is 0 Å². The molecule has 206 valence electrons. The van der Waals surface area contributed by atoms with Crippen LogP contribution in [0.5, 0.6) is 0 Å².